The lowest BCUT2D eigenvalue weighted by atomic mass is 9.97. The summed E-state index contributed by atoms with van der Waals surface area (Å²) < 4.78 is 9.78. The zero-order valence-corrected chi connectivity index (χ0v) is 10.7. The summed E-state index contributed by atoms with van der Waals surface area (Å²) in [5, 5.41) is 5.68. The molecule has 0 aliphatic carbocycles. The Morgan fingerprint density at radius 1 is 1.35 bits per heavy atom. The van der Waals surface area contributed by atoms with E-state index in [4.69, 9.17) is 4.74 Å². The number of carbonyl (C=O) groups excluding carboxylic acids is 2. The van der Waals surface area contributed by atoms with E-state index >= 15 is 0 Å². The molecule has 1 heterocycles. The number of carbonyl (C=O) groups is 2. The first-order valence-corrected chi connectivity index (χ1v) is 5.62. The quantitative estimate of drug-likeness (QED) is 0.696. The number of methoxy groups -OCH3 is 1. The van der Waals surface area contributed by atoms with Gasteiger partial charge < -0.3 is 14.8 Å². The Kier molecular flexibility index (Phi) is 4.34. The van der Waals surface area contributed by atoms with Crippen molar-refractivity contribution < 1.29 is 19.1 Å². The van der Waals surface area contributed by atoms with Crippen molar-refractivity contribution in [2.24, 2.45) is 5.41 Å². The van der Waals surface area contributed by atoms with E-state index in [1.165, 1.54) is 7.11 Å². The molecule has 0 saturated carbocycles. The maximum absolute atomic E-state index is 11.6. The van der Waals surface area contributed by atoms with Gasteiger partial charge >= 0.3 is 12.1 Å². The van der Waals surface area contributed by atoms with E-state index in [-0.39, 0.29) is 18.2 Å². The standard InChI is InChI=1S/C11H20N2O4/c1-11(2,3)9(14)17-8-5-7(6-12-8)13-10(15)16-4/h7-8,12H,5-6H2,1-4H3,(H,13,15)/t7-,8?/m0/s1. The first kappa shape index (κ1) is 13.8. The van der Waals surface area contributed by atoms with E-state index in [2.05, 4.69) is 15.4 Å². The molecular weight excluding hydrogens is 224 g/mol. The van der Waals surface area contributed by atoms with Crippen molar-refractivity contribution in [2.45, 2.75) is 39.5 Å². The Bertz CT molecular complexity index is 298. The van der Waals surface area contributed by atoms with Crippen molar-refractivity contribution in [3.8, 4) is 0 Å². The fourth-order valence-corrected chi connectivity index (χ4v) is 1.43. The minimum absolute atomic E-state index is 0.0692. The fraction of sp³-hybridized carbons (Fsp3) is 0.818. The van der Waals surface area contributed by atoms with Crippen LogP contribution in [0, 0.1) is 5.41 Å². The topological polar surface area (TPSA) is 76.7 Å². The highest BCUT2D eigenvalue weighted by atomic mass is 16.6. The second-order valence-corrected chi connectivity index (χ2v) is 5.12. The molecule has 0 bridgehead atoms. The molecule has 1 unspecified atom stereocenters. The van der Waals surface area contributed by atoms with E-state index in [1.54, 1.807) is 20.8 Å². The molecule has 0 spiro atoms. The van der Waals surface area contributed by atoms with Crippen LogP contribution >= 0.6 is 0 Å². The second kappa shape index (κ2) is 5.35. The van der Waals surface area contributed by atoms with Gasteiger partial charge in [0.25, 0.3) is 0 Å². The normalized spacial score (nSPS) is 24.2. The fourth-order valence-electron chi connectivity index (χ4n) is 1.43. The Labute approximate surface area is 101 Å². The summed E-state index contributed by atoms with van der Waals surface area (Å²) in [4.78, 5) is 22.6. The molecule has 0 radical (unpaired) electrons. The van der Waals surface area contributed by atoms with E-state index in [9.17, 15) is 9.59 Å². The number of hydrogen-bond donors (Lipinski definition) is 2. The summed E-state index contributed by atoms with van der Waals surface area (Å²) >= 11 is 0. The third kappa shape index (κ3) is 4.22. The van der Waals surface area contributed by atoms with Gasteiger partial charge in [-0.1, -0.05) is 0 Å². The predicted molar refractivity (Wildman–Crippen MR) is 61.3 cm³/mol. The summed E-state index contributed by atoms with van der Waals surface area (Å²) in [6, 6.07) is -0.0692. The average molecular weight is 244 g/mol. The minimum Gasteiger partial charge on any atom is -0.453 e. The number of alkyl carbamates (subject to hydrolysis) is 1. The third-order valence-corrected chi connectivity index (χ3v) is 2.46. The molecule has 1 amide bonds. The van der Waals surface area contributed by atoms with Gasteiger partial charge in [0, 0.05) is 19.0 Å². The largest absolute Gasteiger partial charge is 0.453 e. The van der Waals surface area contributed by atoms with Crippen molar-refractivity contribution in [1.82, 2.24) is 10.6 Å². The predicted octanol–water partition coefficient (Wildman–Crippen LogP) is 0.620. The lowest BCUT2D eigenvalue weighted by molar-refractivity contribution is -0.159. The Balaban J connectivity index is 2.36. The zero-order valence-electron chi connectivity index (χ0n) is 10.7. The lowest BCUT2D eigenvalue weighted by Crippen LogP contribution is -2.35. The summed E-state index contributed by atoms with van der Waals surface area (Å²) in [5.74, 6) is -0.256. The molecule has 1 rings (SSSR count). The average Bonchev–Trinajstić information content (AvgIpc) is 2.64. The maximum Gasteiger partial charge on any atom is 0.407 e. The Morgan fingerprint density at radius 2 is 2.00 bits per heavy atom. The summed E-state index contributed by atoms with van der Waals surface area (Å²) in [6.07, 6.45) is -0.264. The molecule has 1 saturated heterocycles. The van der Waals surface area contributed by atoms with Crippen LogP contribution in [0.15, 0.2) is 0 Å². The van der Waals surface area contributed by atoms with Gasteiger partial charge in [-0.2, -0.15) is 0 Å². The van der Waals surface area contributed by atoms with Crippen LogP contribution < -0.4 is 10.6 Å². The Morgan fingerprint density at radius 3 is 2.53 bits per heavy atom. The van der Waals surface area contributed by atoms with E-state index in [0.29, 0.717) is 13.0 Å². The molecule has 0 aromatic heterocycles. The molecule has 0 aromatic rings. The third-order valence-electron chi connectivity index (χ3n) is 2.46. The molecule has 1 aliphatic rings. The number of amides is 1. The molecular formula is C11H20N2O4. The van der Waals surface area contributed by atoms with E-state index < -0.39 is 11.5 Å². The highest BCUT2D eigenvalue weighted by Gasteiger charge is 2.31. The summed E-state index contributed by atoms with van der Waals surface area (Å²) in [7, 11) is 1.31. The molecule has 6 heteroatoms. The highest BCUT2D eigenvalue weighted by molar-refractivity contribution is 5.75. The second-order valence-electron chi connectivity index (χ2n) is 5.12. The SMILES string of the molecule is COC(=O)N[C@@H]1CNC(OC(=O)C(C)(C)C)C1. The minimum atomic E-state index is -0.518. The zero-order chi connectivity index (χ0) is 13.1. The molecule has 2 atom stereocenters. The van der Waals surface area contributed by atoms with Crippen molar-refractivity contribution in [2.75, 3.05) is 13.7 Å². The summed E-state index contributed by atoms with van der Waals surface area (Å²) in [5.41, 5.74) is -0.518. The van der Waals surface area contributed by atoms with Gasteiger partial charge in [0.05, 0.1) is 12.5 Å². The van der Waals surface area contributed by atoms with Crippen LogP contribution in [0.25, 0.3) is 0 Å². The van der Waals surface area contributed by atoms with Crippen molar-refractivity contribution in [3.05, 3.63) is 0 Å². The van der Waals surface area contributed by atoms with Gasteiger partial charge in [0.15, 0.2) is 6.23 Å². The van der Waals surface area contributed by atoms with Gasteiger partial charge in [0.1, 0.15) is 0 Å². The smallest absolute Gasteiger partial charge is 0.407 e. The van der Waals surface area contributed by atoms with Crippen LogP contribution in [-0.2, 0) is 14.3 Å². The van der Waals surface area contributed by atoms with Crippen molar-refractivity contribution in [3.63, 3.8) is 0 Å². The van der Waals surface area contributed by atoms with Crippen molar-refractivity contribution >= 4 is 12.1 Å². The molecule has 17 heavy (non-hydrogen) atoms. The van der Waals surface area contributed by atoms with Crippen LogP contribution in [0.2, 0.25) is 0 Å². The number of nitrogens with one attached hydrogen (secondary N) is 2. The van der Waals surface area contributed by atoms with Crippen LogP contribution in [0.1, 0.15) is 27.2 Å². The van der Waals surface area contributed by atoms with E-state index in [0.717, 1.165) is 0 Å². The first-order valence-electron chi connectivity index (χ1n) is 5.62. The van der Waals surface area contributed by atoms with Gasteiger partial charge in [0.2, 0.25) is 0 Å². The maximum atomic E-state index is 11.6. The number of hydrogen-bond acceptors (Lipinski definition) is 5. The number of esters is 1. The summed E-state index contributed by atoms with van der Waals surface area (Å²) in [6.45, 7) is 5.97. The van der Waals surface area contributed by atoms with E-state index in [1.807, 2.05) is 0 Å². The van der Waals surface area contributed by atoms with Gasteiger partial charge in [-0.3, -0.25) is 10.1 Å². The number of ether oxygens (including phenoxy) is 2. The van der Waals surface area contributed by atoms with Crippen LogP contribution in [-0.4, -0.2) is 38.0 Å². The molecule has 1 fully saturated rings. The van der Waals surface area contributed by atoms with Crippen molar-refractivity contribution in [1.29, 1.82) is 0 Å². The molecule has 1 aliphatic heterocycles. The van der Waals surface area contributed by atoms with Crippen LogP contribution in [0.3, 0.4) is 0 Å². The number of rotatable bonds is 2. The van der Waals surface area contributed by atoms with Crippen LogP contribution in [0.4, 0.5) is 4.79 Å². The molecule has 98 valence electrons. The van der Waals surface area contributed by atoms with Gasteiger partial charge in [-0.05, 0) is 20.8 Å². The molecule has 0 aromatic carbocycles. The molecule has 6 nitrogen and oxygen atoms in total. The first-order chi connectivity index (χ1) is 7.82. The highest BCUT2D eigenvalue weighted by Crippen LogP contribution is 2.18. The monoisotopic (exact) mass is 244 g/mol. The molecule has 2 N–H and O–H groups in total. The van der Waals surface area contributed by atoms with Gasteiger partial charge in [-0.15, -0.1) is 0 Å². The van der Waals surface area contributed by atoms with Crippen LogP contribution in [0.5, 0.6) is 0 Å². The lowest BCUT2D eigenvalue weighted by Gasteiger charge is -2.20. The van der Waals surface area contributed by atoms with Gasteiger partial charge in [-0.25, -0.2) is 4.79 Å². The Hall–Kier alpha value is -1.30.